The Bertz CT molecular complexity index is 605. The molecule has 0 spiro atoms. The van der Waals surface area contributed by atoms with Crippen molar-refractivity contribution in [3.63, 3.8) is 0 Å². The number of ketones is 1. The van der Waals surface area contributed by atoms with E-state index >= 15 is 0 Å². The molecule has 26 heavy (non-hydrogen) atoms. The van der Waals surface area contributed by atoms with Crippen LogP contribution in [0.25, 0.3) is 0 Å². The van der Waals surface area contributed by atoms with Crippen LogP contribution in [0.5, 0.6) is 0 Å². The molecule has 0 fully saturated rings. The molecule has 0 amide bonds. The van der Waals surface area contributed by atoms with Gasteiger partial charge in [-0.25, -0.2) is 9.13 Å². The minimum atomic E-state index is -5.09. The van der Waals surface area contributed by atoms with E-state index in [1.165, 1.54) is 5.57 Å². The molecule has 0 aliphatic heterocycles. The zero-order valence-electron chi connectivity index (χ0n) is 15.8. The molecule has 0 radical (unpaired) electrons. The van der Waals surface area contributed by atoms with Crippen molar-refractivity contribution in [2.75, 3.05) is 6.61 Å². The van der Waals surface area contributed by atoms with E-state index in [1.54, 1.807) is 13.0 Å². The number of hydrogen-bond donors (Lipinski definition) is 3. The molecule has 0 aliphatic rings. The summed E-state index contributed by atoms with van der Waals surface area (Å²) in [5.41, 5.74) is 2.11. The highest BCUT2D eigenvalue weighted by molar-refractivity contribution is 7.60. The van der Waals surface area contributed by atoms with Crippen LogP contribution in [0.4, 0.5) is 0 Å². The average molecular weight is 412 g/mol. The molecule has 10 heteroatoms. The van der Waals surface area contributed by atoms with Crippen molar-refractivity contribution in [2.24, 2.45) is 5.92 Å². The van der Waals surface area contributed by atoms with Crippen LogP contribution < -0.4 is 0 Å². The Morgan fingerprint density at radius 3 is 2.12 bits per heavy atom. The number of phosphoric acid groups is 2. The van der Waals surface area contributed by atoms with E-state index in [1.807, 2.05) is 20.8 Å². The van der Waals surface area contributed by atoms with E-state index < -0.39 is 15.6 Å². The lowest BCUT2D eigenvalue weighted by Gasteiger charge is -2.11. The number of hydrogen-bond acceptors (Lipinski definition) is 5. The predicted molar refractivity (Wildman–Crippen MR) is 99.4 cm³/mol. The van der Waals surface area contributed by atoms with Crippen LogP contribution in [-0.2, 0) is 22.8 Å². The van der Waals surface area contributed by atoms with Crippen molar-refractivity contribution in [1.82, 2.24) is 0 Å². The first-order chi connectivity index (χ1) is 11.9. The summed E-state index contributed by atoms with van der Waals surface area (Å²) in [6, 6.07) is 0. The number of Topliss-reactive ketones (excluding diaryl/α,β-unsaturated/α-hetero) is 1. The van der Waals surface area contributed by atoms with Gasteiger partial charge in [-0.05, 0) is 52.9 Å². The van der Waals surface area contributed by atoms with Gasteiger partial charge in [0.1, 0.15) is 5.78 Å². The van der Waals surface area contributed by atoms with E-state index in [0.717, 1.165) is 31.3 Å². The standard InChI is InChI=1S/C16H30O8P2/c1-5-16(15(4)17)10-9-13(2)7-6-8-14(3)11-12-23-26(21,22)24-25(18,19)20/h7,11,16H,5-6,8-10,12H2,1-4H3,(H,21,22)(H2,18,19,20)/b13-7+,14-11+. The maximum Gasteiger partial charge on any atom is 0.481 e. The molecule has 0 saturated carbocycles. The largest absolute Gasteiger partial charge is 0.481 e. The summed E-state index contributed by atoms with van der Waals surface area (Å²) >= 11 is 0. The maximum absolute atomic E-state index is 11.4. The van der Waals surface area contributed by atoms with Crippen molar-refractivity contribution in [3.05, 3.63) is 23.3 Å². The van der Waals surface area contributed by atoms with Crippen molar-refractivity contribution in [3.8, 4) is 0 Å². The second-order valence-corrected chi connectivity index (χ2v) is 9.06. The fourth-order valence-electron chi connectivity index (χ4n) is 2.28. The zero-order valence-corrected chi connectivity index (χ0v) is 17.5. The van der Waals surface area contributed by atoms with Gasteiger partial charge in [0.15, 0.2) is 0 Å². The maximum atomic E-state index is 11.4. The van der Waals surface area contributed by atoms with Gasteiger partial charge in [-0.3, -0.25) is 9.32 Å². The quantitative estimate of drug-likeness (QED) is 0.302. The van der Waals surface area contributed by atoms with E-state index in [9.17, 15) is 13.9 Å². The first-order valence-corrected chi connectivity index (χ1v) is 11.4. The third-order valence-corrected chi connectivity index (χ3v) is 6.02. The van der Waals surface area contributed by atoms with Crippen LogP contribution >= 0.6 is 15.6 Å². The summed E-state index contributed by atoms with van der Waals surface area (Å²) in [5.74, 6) is 0.338. The molecule has 2 atom stereocenters. The van der Waals surface area contributed by atoms with E-state index in [4.69, 9.17) is 14.7 Å². The Morgan fingerprint density at radius 1 is 1.04 bits per heavy atom. The van der Waals surface area contributed by atoms with Crippen LogP contribution in [0.15, 0.2) is 23.3 Å². The summed E-state index contributed by atoms with van der Waals surface area (Å²) in [6.07, 6.45) is 7.71. The summed E-state index contributed by atoms with van der Waals surface area (Å²) in [5, 5.41) is 0. The Hall–Kier alpha value is -0.590. The molecule has 0 aromatic rings. The smallest absolute Gasteiger partial charge is 0.302 e. The van der Waals surface area contributed by atoms with Gasteiger partial charge in [-0.1, -0.05) is 30.2 Å². The molecule has 2 unspecified atom stereocenters. The van der Waals surface area contributed by atoms with Gasteiger partial charge in [0.2, 0.25) is 0 Å². The van der Waals surface area contributed by atoms with Crippen molar-refractivity contribution in [1.29, 1.82) is 0 Å². The van der Waals surface area contributed by atoms with Crippen LogP contribution in [0, 0.1) is 5.92 Å². The summed E-state index contributed by atoms with van der Waals surface area (Å²) in [4.78, 5) is 37.5. The Morgan fingerprint density at radius 2 is 1.62 bits per heavy atom. The molecule has 0 aromatic heterocycles. The highest BCUT2D eigenvalue weighted by Crippen LogP contribution is 2.57. The molecule has 0 saturated heterocycles. The Kier molecular flexibility index (Phi) is 11.7. The fraction of sp³-hybridized carbons (Fsp3) is 0.688. The number of carbonyl (C=O) groups is 1. The van der Waals surface area contributed by atoms with Gasteiger partial charge in [-0.2, -0.15) is 4.31 Å². The molecule has 0 bridgehead atoms. The average Bonchev–Trinajstić information content (AvgIpc) is 2.44. The van der Waals surface area contributed by atoms with E-state index in [0.29, 0.717) is 6.42 Å². The first kappa shape index (κ1) is 25.4. The van der Waals surface area contributed by atoms with Crippen LogP contribution in [0.2, 0.25) is 0 Å². The highest BCUT2D eigenvalue weighted by Gasteiger charge is 2.31. The molecular weight excluding hydrogens is 382 g/mol. The normalized spacial score (nSPS) is 17.0. The molecule has 3 N–H and O–H groups in total. The topological polar surface area (TPSA) is 130 Å². The third kappa shape index (κ3) is 13.6. The van der Waals surface area contributed by atoms with Crippen LogP contribution in [0.3, 0.4) is 0 Å². The fourth-order valence-corrected chi connectivity index (χ4v) is 3.81. The van der Waals surface area contributed by atoms with Crippen molar-refractivity contribution < 1.29 is 37.4 Å². The zero-order chi connectivity index (χ0) is 20.4. The summed E-state index contributed by atoms with van der Waals surface area (Å²) in [7, 11) is -9.88. The number of rotatable bonds is 13. The Labute approximate surface area is 155 Å². The molecule has 0 aliphatic carbocycles. The minimum Gasteiger partial charge on any atom is -0.302 e. The Balaban J connectivity index is 4.26. The lowest BCUT2D eigenvalue weighted by atomic mass is 9.94. The molecule has 8 nitrogen and oxygen atoms in total. The van der Waals surface area contributed by atoms with Gasteiger partial charge in [-0.15, -0.1) is 0 Å². The molecule has 0 rings (SSSR count). The lowest BCUT2D eigenvalue weighted by molar-refractivity contribution is -0.121. The summed E-state index contributed by atoms with van der Waals surface area (Å²) in [6.45, 7) is 7.19. The number of phosphoric ester groups is 1. The van der Waals surface area contributed by atoms with Crippen molar-refractivity contribution in [2.45, 2.75) is 59.8 Å². The van der Waals surface area contributed by atoms with Crippen LogP contribution in [-0.4, -0.2) is 27.1 Å². The monoisotopic (exact) mass is 412 g/mol. The van der Waals surface area contributed by atoms with Crippen LogP contribution in [0.1, 0.15) is 59.8 Å². The predicted octanol–water partition coefficient (Wildman–Crippen LogP) is 4.28. The first-order valence-electron chi connectivity index (χ1n) is 8.42. The van der Waals surface area contributed by atoms with Gasteiger partial charge < -0.3 is 14.7 Å². The van der Waals surface area contributed by atoms with E-state index in [2.05, 4.69) is 14.9 Å². The molecule has 0 heterocycles. The second-order valence-electron chi connectivity index (χ2n) is 6.23. The van der Waals surface area contributed by atoms with Gasteiger partial charge in [0.25, 0.3) is 0 Å². The third-order valence-electron chi connectivity index (χ3n) is 3.87. The highest BCUT2D eigenvalue weighted by atomic mass is 31.3. The molecular formula is C16H30O8P2. The minimum absolute atomic E-state index is 0.113. The van der Waals surface area contributed by atoms with Gasteiger partial charge >= 0.3 is 15.6 Å². The van der Waals surface area contributed by atoms with Gasteiger partial charge in [0.05, 0.1) is 6.61 Å². The summed E-state index contributed by atoms with van der Waals surface area (Å²) < 4.78 is 30.0. The van der Waals surface area contributed by atoms with Gasteiger partial charge in [0, 0.05) is 5.92 Å². The number of allylic oxidation sites excluding steroid dienone is 3. The van der Waals surface area contributed by atoms with E-state index in [-0.39, 0.29) is 18.3 Å². The van der Waals surface area contributed by atoms with Crippen molar-refractivity contribution >= 4 is 21.4 Å². The number of carbonyl (C=O) groups excluding carboxylic acids is 1. The molecule has 0 aromatic carbocycles. The lowest BCUT2D eigenvalue weighted by Crippen LogP contribution is -2.09. The SMILES string of the molecule is CCC(CC/C(C)=C/CC/C(C)=C/COP(=O)(O)OP(=O)(O)O)C(C)=O. The molecule has 152 valence electrons. The second kappa shape index (κ2) is 12.0.